The van der Waals surface area contributed by atoms with Gasteiger partial charge in [-0.2, -0.15) is 0 Å². The summed E-state index contributed by atoms with van der Waals surface area (Å²) in [6.07, 6.45) is 7.59. The van der Waals surface area contributed by atoms with Gasteiger partial charge in [-0.15, -0.1) is 0 Å². The molecule has 0 saturated carbocycles. The molecule has 3 heterocycles. The first-order valence-electron chi connectivity index (χ1n) is 8.60. The van der Waals surface area contributed by atoms with Crippen LogP contribution in [0.2, 0.25) is 0 Å². The summed E-state index contributed by atoms with van der Waals surface area (Å²) >= 11 is 0. The quantitative estimate of drug-likeness (QED) is 0.654. The number of carbonyl (C=O) groups is 1. The van der Waals surface area contributed by atoms with Crippen molar-refractivity contribution >= 4 is 5.91 Å². The van der Waals surface area contributed by atoms with Gasteiger partial charge < -0.3 is 4.74 Å². The summed E-state index contributed by atoms with van der Waals surface area (Å²) in [6, 6.07) is 2.85. The first-order valence-corrected chi connectivity index (χ1v) is 8.60. The minimum Gasteiger partial charge on any atom is -0.365 e. The van der Waals surface area contributed by atoms with E-state index in [0.717, 1.165) is 31.4 Å². The van der Waals surface area contributed by atoms with Gasteiger partial charge in [0.25, 0.3) is 5.91 Å². The van der Waals surface area contributed by atoms with Gasteiger partial charge in [0.1, 0.15) is 5.82 Å². The number of hydrogen-bond acceptors (Lipinski definition) is 4. The zero-order valence-corrected chi connectivity index (χ0v) is 13.7. The maximum absolute atomic E-state index is 14.4. The molecule has 25 heavy (non-hydrogen) atoms. The maximum Gasteiger partial charge on any atom is 0.274 e. The minimum atomic E-state index is -0.691. The molecule has 2 atom stereocenters. The van der Waals surface area contributed by atoms with Crippen molar-refractivity contribution in [2.24, 2.45) is 0 Å². The van der Waals surface area contributed by atoms with Crippen LogP contribution in [0.4, 0.5) is 4.39 Å². The first-order chi connectivity index (χ1) is 12.0. The van der Waals surface area contributed by atoms with Gasteiger partial charge in [-0.1, -0.05) is 17.7 Å². The predicted octanol–water partition coefficient (Wildman–Crippen LogP) is 2.45. The van der Waals surface area contributed by atoms with Crippen LogP contribution in [0.15, 0.2) is 35.4 Å². The number of nitrogens with zero attached hydrogens (tertiary/aromatic N) is 1. The molecule has 1 aromatic carbocycles. The van der Waals surface area contributed by atoms with E-state index in [1.54, 1.807) is 11.5 Å². The van der Waals surface area contributed by atoms with E-state index in [9.17, 15) is 9.18 Å². The molecule has 2 unspecified atom stereocenters. The molecule has 3 aliphatic heterocycles. The second-order valence-electron chi connectivity index (χ2n) is 7.62. The van der Waals surface area contributed by atoms with Gasteiger partial charge in [0.05, 0.1) is 11.7 Å². The van der Waals surface area contributed by atoms with E-state index in [4.69, 9.17) is 9.94 Å². The Labute approximate surface area is 144 Å². The summed E-state index contributed by atoms with van der Waals surface area (Å²) in [4.78, 5) is 13.8. The Morgan fingerprint density at radius 2 is 2.28 bits per heavy atom. The average Bonchev–Trinajstić information content (AvgIpc) is 2.95. The molecule has 1 aromatic rings. The van der Waals surface area contributed by atoms with Crippen LogP contribution in [0.25, 0.3) is 0 Å². The highest BCUT2D eigenvalue weighted by molar-refractivity contribution is 5.93. The van der Waals surface area contributed by atoms with Crippen molar-refractivity contribution in [1.29, 1.82) is 0 Å². The van der Waals surface area contributed by atoms with Crippen LogP contribution in [0, 0.1) is 5.82 Å². The van der Waals surface area contributed by atoms with Gasteiger partial charge in [0.15, 0.2) is 0 Å². The highest BCUT2D eigenvalue weighted by Gasteiger charge is 2.46. The topological polar surface area (TPSA) is 61.8 Å². The van der Waals surface area contributed by atoms with Crippen molar-refractivity contribution in [2.45, 2.75) is 44.1 Å². The zero-order chi connectivity index (χ0) is 17.2. The molecule has 0 spiro atoms. The van der Waals surface area contributed by atoms with Gasteiger partial charge in [-0.05, 0) is 36.1 Å². The van der Waals surface area contributed by atoms with Crippen LogP contribution in [0.3, 0.4) is 0 Å². The van der Waals surface area contributed by atoms with Crippen LogP contribution >= 0.6 is 0 Å². The number of carbonyl (C=O) groups excluding carboxylic acids is 1. The highest BCUT2D eigenvalue weighted by Crippen LogP contribution is 2.47. The van der Waals surface area contributed by atoms with E-state index in [2.05, 4.69) is 17.1 Å². The molecular formula is C19H19FN2O3. The molecule has 2 aliphatic carbocycles. The van der Waals surface area contributed by atoms with Crippen molar-refractivity contribution in [3.05, 3.63) is 57.9 Å². The molecule has 5 nitrogen and oxygen atoms in total. The Bertz CT molecular complexity index is 847. The fourth-order valence-electron chi connectivity index (χ4n) is 4.88. The van der Waals surface area contributed by atoms with Crippen LogP contribution in [0.1, 0.15) is 40.7 Å². The molecule has 0 radical (unpaired) electrons. The number of allylic oxidation sites excluding steroid dienone is 1. The largest absolute Gasteiger partial charge is 0.365 e. The average molecular weight is 342 g/mol. The van der Waals surface area contributed by atoms with Gasteiger partial charge in [-0.25, -0.2) is 9.87 Å². The monoisotopic (exact) mass is 342 g/mol. The van der Waals surface area contributed by atoms with Crippen molar-refractivity contribution in [2.75, 3.05) is 6.54 Å². The molecule has 6 heteroatoms. The summed E-state index contributed by atoms with van der Waals surface area (Å²) in [5, 5.41) is 8.76. The van der Waals surface area contributed by atoms with E-state index in [0.29, 0.717) is 18.7 Å². The smallest absolute Gasteiger partial charge is 0.274 e. The normalized spacial score (nSPS) is 29.4. The van der Waals surface area contributed by atoms with Gasteiger partial charge in [-0.3, -0.25) is 14.9 Å². The maximum atomic E-state index is 14.4. The molecule has 1 saturated heterocycles. The SMILES string of the molecule is O=C(NO)c1cc(F)c2c(c1)CN(CC13CC4=CC(CC(=C4)C1)O3)C2. The van der Waals surface area contributed by atoms with Crippen LogP contribution in [-0.2, 0) is 17.8 Å². The number of hydrogen-bond donors (Lipinski definition) is 2. The number of hydroxylamine groups is 1. The zero-order valence-electron chi connectivity index (χ0n) is 13.7. The van der Waals surface area contributed by atoms with Crippen LogP contribution in [0.5, 0.6) is 0 Å². The second-order valence-corrected chi connectivity index (χ2v) is 7.62. The molecule has 1 fully saturated rings. The number of ether oxygens (including phenoxy) is 1. The fourth-order valence-corrected chi connectivity index (χ4v) is 4.88. The Hall–Kier alpha value is -2.02. The molecular weight excluding hydrogens is 323 g/mol. The Morgan fingerprint density at radius 1 is 1.40 bits per heavy atom. The molecule has 5 aliphatic rings. The van der Waals surface area contributed by atoms with Crippen molar-refractivity contribution in [3.8, 4) is 0 Å². The third-order valence-corrected chi connectivity index (χ3v) is 5.67. The number of fused-ring (bicyclic) bond motifs is 1. The Balaban J connectivity index is 1.38. The lowest BCUT2D eigenvalue weighted by Crippen LogP contribution is -2.52. The van der Waals surface area contributed by atoms with Gasteiger partial charge in [0.2, 0.25) is 0 Å². The third-order valence-electron chi connectivity index (χ3n) is 5.67. The molecule has 6 rings (SSSR count). The van der Waals surface area contributed by atoms with E-state index < -0.39 is 11.7 Å². The van der Waals surface area contributed by atoms with Crippen LogP contribution in [-0.4, -0.2) is 34.3 Å². The van der Waals surface area contributed by atoms with E-state index in [-0.39, 0.29) is 17.3 Å². The van der Waals surface area contributed by atoms with Crippen molar-refractivity contribution in [1.82, 2.24) is 10.4 Å². The number of nitrogens with one attached hydrogen (secondary N) is 1. The second kappa shape index (κ2) is 5.24. The third kappa shape index (κ3) is 2.44. The summed E-state index contributed by atoms with van der Waals surface area (Å²) in [7, 11) is 0. The molecule has 0 aromatic heterocycles. The Kier molecular flexibility index (Phi) is 3.20. The first kappa shape index (κ1) is 15.3. The van der Waals surface area contributed by atoms with Crippen LogP contribution < -0.4 is 5.48 Å². The van der Waals surface area contributed by atoms with E-state index in [1.807, 2.05) is 0 Å². The van der Waals surface area contributed by atoms with Crippen molar-refractivity contribution in [3.63, 3.8) is 0 Å². The minimum absolute atomic E-state index is 0.141. The van der Waals surface area contributed by atoms with E-state index in [1.165, 1.54) is 17.2 Å². The molecule has 1 amide bonds. The number of rotatable bonds is 3. The standard InChI is InChI=1S/C19H19FN2O3/c20-17-5-13(18(23)21-24)4-14-8-22(9-16(14)17)10-19-6-11-1-12(7-19)3-15(2-11)25-19/h1-2,4-5,15,24H,3,6-10H2,(H,21,23). The molecule has 2 N–H and O–H groups in total. The summed E-state index contributed by atoms with van der Waals surface area (Å²) < 4.78 is 20.7. The Morgan fingerprint density at radius 3 is 3.04 bits per heavy atom. The summed E-state index contributed by atoms with van der Waals surface area (Å²) in [5.74, 6) is -1.08. The summed E-state index contributed by atoms with van der Waals surface area (Å²) in [6.45, 7) is 1.87. The van der Waals surface area contributed by atoms with E-state index >= 15 is 0 Å². The number of benzene rings is 1. The number of amides is 1. The molecule has 130 valence electrons. The number of halogens is 1. The predicted molar refractivity (Wildman–Crippen MR) is 87.4 cm³/mol. The highest BCUT2D eigenvalue weighted by atomic mass is 19.1. The lowest BCUT2D eigenvalue weighted by atomic mass is 9.73. The van der Waals surface area contributed by atoms with Gasteiger partial charge in [0, 0.05) is 37.2 Å². The summed E-state index contributed by atoms with van der Waals surface area (Å²) in [5.41, 5.74) is 5.79. The van der Waals surface area contributed by atoms with Crippen molar-refractivity contribution < 1.29 is 19.1 Å². The molecule has 4 bridgehead atoms. The lowest BCUT2D eigenvalue weighted by molar-refractivity contribution is -0.120. The fraction of sp³-hybridized carbons (Fsp3) is 0.421. The lowest BCUT2D eigenvalue weighted by Gasteiger charge is -2.50. The van der Waals surface area contributed by atoms with Gasteiger partial charge >= 0.3 is 0 Å².